The zero-order valence-corrected chi connectivity index (χ0v) is 11.6. The average Bonchev–Trinajstić information content (AvgIpc) is 3.02. The normalized spacial score (nSPS) is 12.0. The summed E-state index contributed by atoms with van der Waals surface area (Å²) in [4.78, 5) is 11.3. The van der Waals surface area contributed by atoms with Crippen molar-refractivity contribution in [1.29, 1.82) is 0 Å². The van der Waals surface area contributed by atoms with Gasteiger partial charge < -0.3 is 24.7 Å². The highest BCUT2D eigenvalue weighted by Crippen LogP contribution is 2.24. The van der Waals surface area contributed by atoms with Crippen LogP contribution in [0.25, 0.3) is 11.3 Å². The monoisotopic (exact) mass is 291 g/mol. The summed E-state index contributed by atoms with van der Waals surface area (Å²) in [7, 11) is 1.30. The van der Waals surface area contributed by atoms with Crippen molar-refractivity contribution in [2.75, 3.05) is 25.6 Å². The van der Waals surface area contributed by atoms with Gasteiger partial charge in [-0.2, -0.15) is 0 Å². The molecule has 2 rings (SSSR count). The Bertz CT molecular complexity index is 590. The van der Waals surface area contributed by atoms with Crippen LogP contribution in [0, 0.1) is 0 Å². The molecule has 1 atom stereocenters. The van der Waals surface area contributed by atoms with Crippen LogP contribution in [0.5, 0.6) is 0 Å². The van der Waals surface area contributed by atoms with Crippen LogP contribution in [0.3, 0.4) is 0 Å². The van der Waals surface area contributed by atoms with Crippen LogP contribution in [0.1, 0.15) is 10.6 Å². The molecule has 0 radical (unpaired) electrons. The number of carbonyl (C=O) groups excluding carboxylic acids is 1. The van der Waals surface area contributed by atoms with E-state index < -0.39 is 12.1 Å². The molecule has 0 spiro atoms. The Morgan fingerprint density at radius 2 is 2.00 bits per heavy atom. The second kappa shape index (κ2) is 6.92. The molecule has 0 fully saturated rings. The first-order chi connectivity index (χ1) is 10.1. The van der Waals surface area contributed by atoms with Crippen LogP contribution < -0.4 is 5.32 Å². The summed E-state index contributed by atoms with van der Waals surface area (Å²) in [5.74, 6) is 0.204. The standard InChI is InChI=1S/C15H17NO5/c1-20-15(19)14-7-6-13(21-14)10-2-4-11(5-3-10)16-8-12(18)9-17/h2-7,12,16-18H,8-9H2,1H3. The third-order valence-corrected chi connectivity index (χ3v) is 2.91. The fourth-order valence-electron chi connectivity index (χ4n) is 1.76. The lowest BCUT2D eigenvalue weighted by molar-refractivity contribution is 0.0566. The van der Waals surface area contributed by atoms with Gasteiger partial charge in [0.2, 0.25) is 5.76 Å². The number of anilines is 1. The molecular formula is C15H17NO5. The van der Waals surface area contributed by atoms with Gasteiger partial charge in [0.1, 0.15) is 5.76 Å². The van der Waals surface area contributed by atoms with E-state index in [0.717, 1.165) is 11.3 Å². The third-order valence-electron chi connectivity index (χ3n) is 2.91. The largest absolute Gasteiger partial charge is 0.463 e. The van der Waals surface area contributed by atoms with Gasteiger partial charge in [-0.15, -0.1) is 0 Å². The second-order valence-electron chi connectivity index (χ2n) is 4.45. The number of nitrogens with one attached hydrogen (secondary N) is 1. The van der Waals surface area contributed by atoms with E-state index in [1.807, 2.05) is 24.3 Å². The molecule has 6 heteroatoms. The summed E-state index contributed by atoms with van der Waals surface area (Å²) in [6.07, 6.45) is -0.794. The van der Waals surface area contributed by atoms with Crippen LogP contribution in [0.15, 0.2) is 40.8 Å². The van der Waals surface area contributed by atoms with Gasteiger partial charge in [0.15, 0.2) is 0 Å². The molecule has 0 aliphatic heterocycles. The van der Waals surface area contributed by atoms with Gasteiger partial charge in [0.25, 0.3) is 0 Å². The predicted molar refractivity (Wildman–Crippen MR) is 77.1 cm³/mol. The average molecular weight is 291 g/mol. The van der Waals surface area contributed by atoms with Gasteiger partial charge in [-0.1, -0.05) is 0 Å². The number of methoxy groups -OCH3 is 1. The molecule has 1 aromatic heterocycles. The van der Waals surface area contributed by atoms with Gasteiger partial charge in [0, 0.05) is 17.8 Å². The molecule has 0 saturated carbocycles. The lowest BCUT2D eigenvalue weighted by Gasteiger charge is -2.10. The maximum absolute atomic E-state index is 11.3. The maximum Gasteiger partial charge on any atom is 0.373 e. The molecule has 0 aliphatic rings. The van der Waals surface area contributed by atoms with Gasteiger partial charge in [-0.25, -0.2) is 4.79 Å². The van der Waals surface area contributed by atoms with Crippen molar-refractivity contribution in [3.8, 4) is 11.3 Å². The first-order valence-corrected chi connectivity index (χ1v) is 6.45. The fraction of sp³-hybridized carbons (Fsp3) is 0.267. The maximum atomic E-state index is 11.3. The summed E-state index contributed by atoms with van der Waals surface area (Å²) in [6.45, 7) is -0.0170. The molecule has 1 aromatic carbocycles. The molecule has 6 nitrogen and oxygen atoms in total. The quantitative estimate of drug-likeness (QED) is 0.699. The van der Waals surface area contributed by atoms with E-state index in [0.29, 0.717) is 5.76 Å². The first-order valence-electron chi connectivity index (χ1n) is 6.45. The molecule has 0 saturated heterocycles. The number of aliphatic hydroxyl groups excluding tert-OH is 2. The zero-order chi connectivity index (χ0) is 15.2. The molecule has 1 heterocycles. The number of rotatable bonds is 6. The van der Waals surface area contributed by atoms with Crippen molar-refractivity contribution in [3.63, 3.8) is 0 Å². The van der Waals surface area contributed by atoms with Gasteiger partial charge in [-0.3, -0.25) is 0 Å². The summed E-state index contributed by atoms with van der Waals surface area (Å²) >= 11 is 0. The summed E-state index contributed by atoms with van der Waals surface area (Å²) in [5, 5.41) is 21.0. The van der Waals surface area contributed by atoms with E-state index in [9.17, 15) is 9.90 Å². The Hall–Kier alpha value is -2.31. The Labute approximate surface area is 122 Å². The Morgan fingerprint density at radius 3 is 2.62 bits per heavy atom. The van der Waals surface area contributed by atoms with Crippen LogP contribution >= 0.6 is 0 Å². The number of hydrogen-bond donors (Lipinski definition) is 3. The van der Waals surface area contributed by atoms with E-state index in [1.54, 1.807) is 12.1 Å². The molecule has 0 bridgehead atoms. The minimum absolute atomic E-state index is 0.153. The molecule has 3 N–H and O–H groups in total. The number of esters is 1. The highest BCUT2D eigenvalue weighted by molar-refractivity contribution is 5.87. The third kappa shape index (κ3) is 3.84. The molecule has 112 valence electrons. The van der Waals surface area contributed by atoms with E-state index >= 15 is 0 Å². The van der Waals surface area contributed by atoms with Crippen molar-refractivity contribution < 1.29 is 24.2 Å². The van der Waals surface area contributed by atoms with Crippen molar-refractivity contribution in [1.82, 2.24) is 0 Å². The second-order valence-corrected chi connectivity index (χ2v) is 4.45. The van der Waals surface area contributed by atoms with Crippen molar-refractivity contribution in [2.24, 2.45) is 0 Å². The zero-order valence-electron chi connectivity index (χ0n) is 11.6. The van der Waals surface area contributed by atoms with E-state index in [1.165, 1.54) is 7.11 Å². The summed E-state index contributed by atoms with van der Waals surface area (Å²) < 4.78 is 9.99. The van der Waals surface area contributed by atoms with Crippen LogP contribution in [0.2, 0.25) is 0 Å². The molecule has 0 aliphatic carbocycles. The Kier molecular flexibility index (Phi) is 4.97. The summed E-state index contributed by atoms with van der Waals surface area (Å²) in [6, 6.07) is 10.6. The number of furan rings is 1. The topological polar surface area (TPSA) is 91.9 Å². The number of benzene rings is 1. The van der Waals surface area contributed by atoms with E-state index in [-0.39, 0.29) is 18.9 Å². The number of hydrogen-bond acceptors (Lipinski definition) is 6. The lowest BCUT2D eigenvalue weighted by atomic mass is 10.1. The fourth-order valence-corrected chi connectivity index (χ4v) is 1.76. The number of ether oxygens (including phenoxy) is 1. The molecule has 2 aromatic rings. The summed E-state index contributed by atoms with van der Waals surface area (Å²) in [5.41, 5.74) is 1.63. The smallest absolute Gasteiger partial charge is 0.373 e. The molecule has 0 amide bonds. The van der Waals surface area contributed by atoms with Crippen LogP contribution in [-0.2, 0) is 4.74 Å². The minimum Gasteiger partial charge on any atom is -0.463 e. The predicted octanol–water partition coefficient (Wildman–Crippen LogP) is 1.50. The first kappa shape index (κ1) is 15.1. The number of aliphatic hydroxyl groups is 2. The van der Waals surface area contributed by atoms with Crippen LogP contribution in [-0.4, -0.2) is 42.5 Å². The molecule has 1 unspecified atom stereocenters. The highest BCUT2D eigenvalue weighted by atomic mass is 16.5. The van der Waals surface area contributed by atoms with E-state index in [2.05, 4.69) is 10.1 Å². The van der Waals surface area contributed by atoms with Gasteiger partial charge in [0.05, 0.1) is 19.8 Å². The Balaban J connectivity index is 2.05. The Morgan fingerprint density at radius 1 is 1.29 bits per heavy atom. The minimum atomic E-state index is -0.794. The van der Waals surface area contributed by atoms with Crippen molar-refractivity contribution >= 4 is 11.7 Å². The van der Waals surface area contributed by atoms with Crippen molar-refractivity contribution in [3.05, 3.63) is 42.2 Å². The van der Waals surface area contributed by atoms with E-state index in [4.69, 9.17) is 9.52 Å². The van der Waals surface area contributed by atoms with Crippen LogP contribution in [0.4, 0.5) is 5.69 Å². The highest BCUT2D eigenvalue weighted by Gasteiger charge is 2.12. The van der Waals surface area contributed by atoms with Crippen molar-refractivity contribution in [2.45, 2.75) is 6.10 Å². The number of carbonyl (C=O) groups is 1. The SMILES string of the molecule is COC(=O)c1ccc(-c2ccc(NCC(O)CO)cc2)o1. The molecular weight excluding hydrogens is 274 g/mol. The lowest BCUT2D eigenvalue weighted by Crippen LogP contribution is -2.22. The molecule has 21 heavy (non-hydrogen) atoms. The van der Waals surface area contributed by atoms with Gasteiger partial charge in [-0.05, 0) is 36.4 Å². The van der Waals surface area contributed by atoms with Gasteiger partial charge >= 0.3 is 5.97 Å².